The predicted molar refractivity (Wildman–Crippen MR) is 59.7 cm³/mol. The lowest BCUT2D eigenvalue weighted by Gasteiger charge is -2.11. The van der Waals surface area contributed by atoms with Crippen LogP contribution in [0.15, 0.2) is 6.33 Å². The molecular weight excluding hydrogens is 198 g/mol. The minimum Gasteiger partial charge on any atom is -0.369 e. The van der Waals surface area contributed by atoms with Crippen LogP contribution in [0.25, 0.3) is 0 Å². The summed E-state index contributed by atoms with van der Waals surface area (Å²) in [5.74, 6) is 1.45. The fraction of sp³-hybridized carbons (Fsp3) is 0.600. The van der Waals surface area contributed by atoms with Crippen LogP contribution in [-0.2, 0) is 6.42 Å². The van der Waals surface area contributed by atoms with Crippen LogP contribution in [0.2, 0.25) is 5.15 Å². The van der Waals surface area contributed by atoms with Crippen molar-refractivity contribution >= 4 is 17.4 Å². The van der Waals surface area contributed by atoms with E-state index in [9.17, 15) is 0 Å². The molecule has 4 heteroatoms. The highest BCUT2D eigenvalue weighted by Crippen LogP contribution is 2.20. The first kappa shape index (κ1) is 11.2. The number of halogens is 1. The molecule has 0 aliphatic carbocycles. The van der Waals surface area contributed by atoms with E-state index in [1.54, 1.807) is 0 Å². The largest absolute Gasteiger partial charge is 0.369 e. The second-order valence-corrected chi connectivity index (χ2v) is 3.98. The van der Waals surface area contributed by atoms with Gasteiger partial charge in [-0.05, 0) is 12.3 Å². The first-order valence-corrected chi connectivity index (χ1v) is 5.26. The molecule has 3 nitrogen and oxygen atoms in total. The average Bonchev–Trinajstić information content (AvgIpc) is 2.14. The molecule has 14 heavy (non-hydrogen) atoms. The number of aromatic nitrogens is 2. The van der Waals surface area contributed by atoms with Crippen LogP contribution in [0.3, 0.4) is 0 Å². The smallest absolute Gasteiger partial charge is 0.137 e. The number of hydrogen-bond donors (Lipinski definition) is 1. The van der Waals surface area contributed by atoms with Crippen LogP contribution in [0.5, 0.6) is 0 Å². The van der Waals surface area contributed by atoms with Gasteiger partial charge in [0.05, 0.1) is 0 Å². The van der Waals surface area contributed by atoms with E-state index in [2.05, 4.69) is 29.1 Å². The zero-order chi connectivity index (χ0) is 10.6. The van der Waals surface area contributed by atoms with Crippen molar-refractivity contribution < 1.29 is 0 Å². The van der Waals surface area contributed by atoms with Gasteiger partial charge in [0, 0.05) is 12.1 Å². The minimum atomic E-state index is 0.550. The standard InChI is InChI=1S/C10H16ClN3/c1-4-8-9(11)13-6-14-10(8)12-5-7(2)3/h6-7H,4-5H2,1-3H3,(H,12,13,14). The third-order valence-electron chi connectivity index (χ3n) is 1.92. The molecule has 0 atom stereocenters. The Labute approximate surface area is 89.9 Å². The molecule has 0 fully saturated rings. The van der Waals surface area contributed by atoms with Gasteiger partial charge in [0.1, 0.15) is 17.3 Å². The van der Waals surface area contributed by atoms with Gasteiger partial charge in [0.25, 0.3) is 0 Å². The second kappa shape index (κ2) is 5.15. The van der Waals surface area contributed by atoms with Crippen molar-refractivity contribution in [2.75, 3.05) is 11.9 Å². The maximum absolute atomic E-state index is 5.95. The topological polar surface area (TPSA) is 37.8 Å². The third kappa shape index (κ3) is 2.84. The molecule has 0 bridgehead atoms. The summed E-state index contributed by atoms with van der Waals surface area (Å²) < 4.78 is 0. The molecule has 0 saturated carbocycles. The first-order valence-electron chi connectivity index (χ1n) is 4.88. The van der Waals surface area contributed by atoms with Crippen LogP contribution in [0.4, 0.5) is 5.82 Å². The highest BCUT2D eigenvalue weighted by atomic mass is 35.5. The van der Waals surface area contributed by atoms with Gasteiger partial charge in [0.2, 0.25) is 0 Å². The van der Waals surface area contributed by atoms with Crippen molar-refractivity contribution in [3.63, 3.8) is 0 Å². The van der Waals surface area contributed by atoms with Crippen LogP contribution >= 0.6 is 11.6 Å². The molecule has 0 aliphatic heterocycles. The molecule has 1 heterocycles. The molecular formula is C10H16ClN3. The molecule has 0 saturated heterocycles. The van der Waals surface area contributed by atoms with E-state index in [0.717, 1.165) is 24.3 Å². The monoisotopic (exact) mass is 213 g/mol. The summed E-state index contributed by atoms with van der Waals surface area (Å²) in [5, 5.41) is 3.82. The summed E-state index contributed by atoms with van der Waals surface area (Å²) in [7, 11) is 0. The lowest BCUT2D eigenvalue weighted by molar-refractivity contribution is 0.686. The summed E-state index contributed by atoms with van der Waals surface area (Å²) in [6.07, 6.45) is 2.34. The van der Waals surface area contributed by atoms with Gasteiger partial charge in [-0.2, -0.15) is 0 Å². The second-order valence-electron chi connectivity index (χ2n) is 3.62. The summed E-state index contributed by atoms with van der Waals surface area (Å²) in [6.45, 7) is 7.26. The molecule has 0 amide bonds. The molecule has 1 N–H and O–H groups in total. The van der Waals surface area contributed by atoms with Crippen molar-refractivity contribution in [2.45, 2.75) is 27.2 Å². The van der Waals surface area contributed by atoms with E-state index in [1.165, 1.54) is 6.33 Å². The van der Waals surface area contributed by atoms with Crippen LogP contribution < -0.4 is 5.32 Å². The predicted octanol–water partition coefficient (Wildman–Crippen LogP) is 2.76. The normalized spacial score (nSPS) is 10.6. The Hall–Kier alpha value is -0.830. The van der Waals surface area contributed by atoms with Crippen molar-refractivity contribution in [2.24, 2.45) is 5.92 Å². The first-order chi connectivity index (χ1) is 6.65. The Balaban J connectivity index is 2.80. The maximum Gasteiger partial charge on any atom is 0.137 e. The van der Waals surface area contributed by atoms with Crippen LogP contribution in [0, 0.1) is 5.92 Å². The fourth-order valence-corrected chi connectivity index (χ4v) is 1.42. The Morgan fingerprint density at radius 3 is 2.71 bits per heavy atom. The highest BCUT2D eigenvalue weighted by Gasteiger charge is 2.07. The van der Waals surface area contributed by atoms with Gasteiger partial charge >= 0.3 is 0 Å². The Bertz CT molecular complexity index is 299. The summed E-state index contributed by atoms with van der Waals surface area (Å²) in [5.41, 5.74) is 0.995. The quantitative estimate of drug-likeness (QED) is 0.782. The summed E-state index contributed by atoms with van der Waals surface area (Å²) in [4.78, 5) is 8.13. The maximum atomic E-state index is 5.95. The summed E-state index contributed by atoms with van der Waals surface area (Å²) in [6, 6.07) is 0. The molecule has 1 rings (SSSR count). The van der Waals surface area contributed by atoms with E-state index in [0.29, 0.717) is 11.1 Å². The highest BCUT2D eigenvalue weighted by molar-refractivity contribution is 6.30. The zero-order valence-corrected chi connectivity index (χ0v) is 9.60. The molecule has 1 aromatic rings. The molecule has 0 aliphatic rings. The SMILES string of the molecule is CCc1c(Cl)ncnc1NCC(C)C. The minimum absolute atomic E-state index is 0.550. The van der Waals surface area contributed by atoms with Crippen molar-refractivity contribution in [1.29, 1.82) is 0 Å². The van der Waals surface area contributed by atoms with Crippen LogP contribution in [0.1, 0.15) is 26.3 Å². The van der Waals surface area contributed by atoms with Crippen molar-refractivity contribution in [3.05, 3.63) is 17.0 Å². The van der Waals surface area contributed by atoms with Crippen molar-refractivity contribution in [3.8, 4) is 0 Å². The van der Waals surface area contributed by atoms with Gasteiger partial charge in [-0.3, -0.25) is 0 Å². The van der Waals surface area contributed by atoms with E-state index in [1.807, 2.05) is 6.92 Å². The number of anilines is 1. The molecule has 1 aromatic heterocycles. The van der Waals surface area contributed by atoms with Gasteiger partial charge in [-0.15, -0.1) is 0 Å². The Morgan fingerprint density at radius 2 is 2.14 bits per heavy atom. The van der Waals surface area contributed by atoms with E-state index in [4.69, 9.17) is 11.6 Å². The van der Waals surface area contributed by atoms with Crippen molar-refractivity contribution in [1.82, 2.24) is 9.97 Å². The third-order valence-corrected chi connectivity index (χ3v) is 2.25. The van der Waals surface area contributed by atoms with Gasteiger partial charge in [-0.1, -0.05) is 32.4 Å². The van der Waals surface area contributed by atoms with Gasteiger partial charge < -0.3 is 5.32 Å². The lowest BCUT2D eigenvalue weighted by Crippen LogP contribution is -2.11. The molecule has 0 unspecified atom stereocenters. The Kier molecular flexibility index (Phi) is 4.14. The molecule has 0 spiro atoms. The Morgan fingerprint density at radius 1 is 1.43 bits per heavy atom. The van der Waals surface area contributed by atoms with Gasteiger partial charge in [-0.25, -0.2) is 9.97 Å². The molecule has 0 radical (unpaired) electrons. The fourth-order valence-electron chi connectivity index (χ4n) is 1.16. The molecule has 0 aromatic carbocycles. The number of nitrogens with zero attached hydrogens (tertiary/aromatic N) is 2. The number of rotatable bonds is 4. The summed E-state index contributed by atoms with van der Waals surface area (Å²) >= 11 is 5.95. The average molecular weight is 214 g/mol. The zero-order valence-electron chi connectivity index (χ0n) is 8.84. The number of nitrogens with one attached hydrogen (secondary N) is 1. The van der Waals surface area contributed by atoms with E-state index < -0.39 is 0 Å². The van der Waals surface area contributed by atoms with Crippen LogP contribution in [-0.4, -0.2) is 16.5 Å². The lowest BCUT2D eigenvalue weighted by atomic mass is 10.2. The van der Waals surface area contributed by atoms with Gasteiger partial charge in [0.15, 0.2) is 0 Å². The van der Waals surface area contributed by atoms with E-state index in [-0.39, 0.29) is 0 Å². The number of hydrogen-bond acceptors (Lipinski definition) is 3. The van der Waals surface area contributed by atoms with E-state index >= 15 is 0 Å². The molecule has 78 valence electrons.